The van der Waals surface area contributed by atoms with Gasteiger partial charge >= 0.3 is 0 Å². The zero-order valence-electron chi connectivity index (χ0n) is 7.58. The van der Waals surface area contributed by atoms with Crippen molar-refractivity contribution < 1.29 is 9.72 Å². The van der Waals surface area contributed by atoms with Crippen LogP contribution < -0.4 is 11.5 Å². The standard InChI is InChI=1S/C8H8N4O3/c9-8(10)11-7(13)5-1-3-6(4-2-5)12(14)15/h1-4H,(H4,9,10,11,13). The summed E-state index contributed by atoms with van der Waals surface area (Å²) in [6.07, 6.45) is 0. The molecule has 0 atom stereocenters. The number of nitro groups is 1. The van der Waals surface area contributed by atoms with Crippen LogP contribution in [0.5, 0.6) is 0 Å². The van der Waals surface area contributed by atoms with Crippen LogP contribution >= 0.6 is 0 Å². The number of nitrogens with zero attached hydrogens (tertiary/aromatic N) is 2. The maximum atomic E-state index is 11.2. The Morgan fingerprint density at radius 1 is 1.27 bits per heavy atom. The topological polar surface area (TPSA) is 125 Å². The van der Waals surface area contributed by atoms with Gasteiger partial charge in [0, 0.05) is 17.7 Å². The average molecular weight is 208 g/mol. The second-order valence-corrected chi connectivity index (χ2v) is 2.65. The number of amides is 1. The van der Waals surface area contributed by atoms with Gasteiger partial charge in [-0.2, -0.15) is 4.99 Å². The van der Waals surface area contributed by atoms with Crippen molar-refractivity contribution in [2.45, 2.75) is 0 Å². The summed E-state index contributed by atoms with van der Waals surface area (Å²) in [7, 11) is 0. The number of hydrogen-bond donors (Lipinski definition) is 2. The second kappa shape index (κ2) is 4.18. The van der Waals surface area contributed by atoms with Gasteiger partial charge in [0.2, 0.25) is 0 Å². The molecule has 0 aliphatic carbocycles. The van der Waals surface area contributed by atoms with Crippen molar-refractivity contribution in [3.63, 3.8) is 0 Å². The van der Waals surface area contributed by atoms with Gasteiger partial charge in [0.25, 0.3) is 11.6 Å². The van der Waals surface area contributed by atoms with Crippen molar-refractivity contribution in [3.05, 3.63) is 39.9 Å². The number of aliphatic imine (C=N–C) groups is 1. The molecule has 0 saturated carbocycles. The third-order valence-corrected chi connectivity index (χ3v) is 1.56. The van der Waals surface area contributed by atoms with Crippen LogP contribution in [-0.2, 0) is 0 Å². The number of hydrogen-bond acceptors (Lipinski definition) is 3. The Balaban J connectivity index is 2.94. The average Bonchev–Trinajstić information content (AvgIpc) is 2.17. The summed E-state index contributed by atoms with van der Waals surface area (Å²) in [5.74, 6) is -0.983. The van der Waals surface area contributed by atoms with Gasteiger partial charge in [0.15, 0.2) is 5.96 Å². The first-order chi connectivity index (χ1) is 7.00. The van der Waals surface area contributed by atoms with Gasteiger partial charge in [-0.1, -0.05) is 0 Å². The van der Waals surface area contributed by atoms with Crippen LogP contribution in [0.2, 0.25) is 0 Å². The number of benzene rings is 1. The molecule has 1 rings (SSSR count). The molecular formula is C8H8N4O3. The molecule has 15 heavy (non-hydrogen) atoms. The van der Waals surface area contributed by atoms with Crippen LogP contribution in [0, 0.1) is 10.1 Å². The lowest BCUT2D eigenvalue weighted by atomic mass is 10.2. The minimum Gasteiger partial charge on any atom is -0.370 e. The summed E-state index contributed by atoms with van der Waals surface area (Å²) in [6, 6.07) is 4.98. The molecular weight excluding hydrogens is 200 g/mol. The Kier molecular flexibility index (Phi) is 2.97. The summed E-state index contributed by atoms with van der Waals surface area (Å²) in [4.78, 5) is 24.3. The van der Waals surface area contributed by atoms with Crippen LogP contribution in [0.15, 0.2) is 29.3 Å². The molecule has 0 fully saturated rings. The van der Waals surface area contributed by atoms with Gasteiger partial charge in [-0.05, 0) is 12.1 Å². The van der Waals surface area contributed by atoms with Crippen molar-refractivity contribution in [2.75, 3.05) is 0 Å². The number of non-ortho nitro benzene ring substituents is 1. The molecule has 78 valence electrons. The Morgan fingerprint density at radius 2 is 1.80 bits per heavy atom. The molecule has 7 heteroatoms. The predicted molar refractivity (Wildman–Crippen MR) is 53.2 cm³/mol. The molecule has 1 amide bonds. The number of carbonyl (C=O) groups excluding carboxylic acids is 1. The van der Waals surface area contributed by atoms with E-state index in [1.807, 2.05) is 0 Å². The molecule has 0 aliphatic heterocycles. The maximum Gasteiger partial charge on any atom is 0.280 e. The van der Waals surface area contributed by atoms with Crippen LogP contribution in [-0.4, -0.2) is 16.8 Å². The Bertz CT molecular complexity index is 420. The highest BCUT2D eigenvalue weighted by molar-refractivity contribution is 6.01. The second-order valence-electron chi connectivity index (χ2n) is 2.65. The van der Waals surface area contributed by atoms with Crippen LogP contribution in [0.4, 0.5) is 5.69 Å². The zero-order valence-corrected chi connectivity index (χ0v) is 7.58. The van der Waals surface area contributed by atoms with E-state index >= 15 is 0 Å². The number of nitro benzene ring substituents is 1. The summed E-state index contributed by atoms with van der Waals surface area (Å²) >= 11 is 0. The normalized spacial score (nSPS) is 9.33. The van der Waals surface area contributed by atoms with E-state index in [2.05, 4.69) is 4.99 Å². The third-order valence-electron chi connectivity index (χ3n) is 1.56. The molecule has 0 radical (unpaired) electrons. The minimum absolute atomic E-state index is 0.101. The van der Waals surface area contributed by atoms with Crippen molar-refractivity contribution in [1.29, 1.82) is 0 Å². The Labute approximate surface area is 84.6 Å². The summed E-state index contributed by atoms with van der Waals surface area (Å²) in [5, 5.41) is 10.3. The molecule has 0 bridgehead atoms. The molecule has 0 spiro atoms. The van der Waals surface area contributed by atoms with Crippen molar-refractivity contribution in [2.24, 2.45) is 16.5 Å². The molecule has 0 saturated heterocycles. The molecule has 0 unspecified atom stereocenters. The first-order valence-corrected chi connectivity index (χ1v) is 3.89. The van der Waals surface area contributed by atoms with Crippen LogP contribution in [0.3, 0.4) is 0 Å². The van der Waals surface area contributed by atoms with E-state index in [1.165, 1.54) is 24.3 Å². The monoisotopic (exact) mass is 208 g/mol. The SMILES string of the molecule is NC(N)=NC(=O)c1ccc([N+](=O)[O-])cc1. The number of nitrogens with two attached hydrogens (primary N) is 2. The van der Waals surface area contributed by atoms with Gasteiger partial charge in [-0.15, -0.1) is 0 Å². The van der Waals surface area contributed by atoms with Gasteiger partial charge in [-0.25, -0.2) is 0 Å². The summed E-state index contributed by atoms with van der Waals surface area (Å²) in [5.41, 5.74) is 10.1. The van der Waals surface area contributed by atoms with E-state index in [0.29, 0.717) is 0 Å². The highest BCUT2D eigenvalue weighted by Crippen LogP contribution is 2.12. The molecule has 0 aromatic heterocycles. The van der Waals surface area contributed by atoms with Crippen LogP contribution in [0.1, 0.15) is 10.4 Å². The van der Waals surface area contributed by atoms with Gasteiger partial charge in [0.1, 0.15) is 0 Å². The molecule has 7 nitrogen and oxygen atoms in total. The van der Waals surface area contributed by atoms with Gasteiger partial charge < -0.3 is 11.5 Å². The lowest BCUT2D eigenvalue weighted by Gasteiger charge is -1.95. The Hall–Kier alpha value is -2.44. The summed E-state index contributed by atoms with van der Waals surface area (Å²) in [6.45, 7) is 0. The third kappa shape index (κ3) is 2.76. The minimum atomic E-state index is -0.634. The van der Waals surface area contributed by atoms with Gasteiger partial charge in [-0.3, -0.25) is 14.9 Å². The number of carbonyl (C=O) groups is 1. The van der Waals surface area contributed by atoms with E-state index in [1.54, 1.807) is 0 Å². The van der Waals surface area contributed by atoms with Crippen molar-refractivity contribution in [1.82, 2.24) is 0 Å². The van der Waals surface area contributed by atoms with Crippen molar-refractivity contribution in [3.8, 4) is 0 Å². The lowest BCUT2D eigenvalue weighted by Crippen LogP contribution is -2.24. The predicted octanol–water partition coefficient (Wildman–Crippen LogP) is 0.00840. The number of guanidine groups is 1. The fourth-order valence-electron chi connectivity index (χ4n) is 0.908. The van der Waals surface area contributed by atoms with E-state index in [9.17, 15) is 14.9 Å². The molecule has 4 N–H and O–H groups in total. The highest BCUT2D eigenvalue weighted by atomic mass is 16.6. The lowest BCUT2D eigenvalue weighted by molar-refractivity contribution is -0.384. The van der Waals surface area contributed by atoms with Crippen LogP contribution in [0.25, 0.3) is 0 Å². The van der Waals surface area contributed by atoms with E-state index < -0.39 is 10.8 Å². The quantitative estimate of drug-likeness (QED) is 0.306. The summed E-state index contributed by atoms with van der Waals surface area (Å²) < 4.78 is 0. The fourth-order valence-corrected chi connectivity index (χ4v) is 0.908. The smallest absolute Gasteiger partial charge is 0.280 e. The van der Waals surface area contributed by atoms with E-state index in [0.717, 1.165) is 0 Å². The molecule has 0 heterocycles. The first-order valence-electron chi connectivity index (χ1n) is 3.89. The highest BCUT2D eigenvalue weighted by Gasteiger charge is 2.08. The largest absolute Gasteiger partial charge is 0.370 e. The van der Waals surface area contributed by atoms with E-state index in [-0.39, 0.29) is 17.2 Å². The Morgan fingerprint density at radius 3 is 2.20 bits per heavy atom. The molecule has 0 aliphatic rings. The van der Waals surface area contributed by atoms with Gasteiger partial charge in [0.05, 0.1) is 4.92 Å². The van der Waals surface area contributed by atoms with E-state index in [4.69, 9.17) is 11.5 Å². The van der Waals surface area contributed by atoms with Crippen molar-refractivity contribution >= 4 is 17.6 Å². The molecule has 1 aromatic carbocycles. The first kappa shape index (κ1) is 10.6. The fraction of sp³-hybridized carbons (Fsp3) is 0. The zero-order chi connectivity index (χ0) is 11.4. The molecule has 1 aromatic rings. The number of rotatable bonds is 2. The maximum absolute atomic E-state index is 11.2.